The van der Waals surface area contributed by atoms with Crippen LogP contribution < -0.4 is 10.6 Å². The molecule has 1 fully saturated rings. The fourth-order valence-electron chi connectivity index (χ4n) is 3.53. The number of benzene rings is 1. The summed E-state index contributed by atoms with van der Waals surface area (Å²) in [6.45, 7) is 2.03. The number of nitrogens with zero attached hydrogens (tertiary/aromatic N) is 3. The maximum absolute atomic E-state index is 13.2. The van der Waals surface area contributed by atoms with E-state index in [-0.39, 0.29) is 48.0 Å². The van der Waals surface area contributed by atoms with E-state index in [1.807, 2.05) is 0 Å². The number of amides is 1. The summed E-state index contributed by atoms with van der Waals surface area (Å²) in [5.41, 5.74) is -1.06. The number of carbonyl (C=O) groups excluding carboxylic acids is 1. The zero-order valence-electron chi connectivity index (χ0n) is 17.9. The van der Waals surface area contributed by atoms with Gasteiger partial charge in [-0.1, -0.05) is 6.07 Å². The predicted molar refractivity (Wildman–Crippen MR) is 123 cm³/mol. The lowest BCUT2D eigenvalue weighted by molar-refractivity contribution is -0.138. The van der Waals surface area contributed by atoms with Gasteiger partial charge >= 0.3 is 6.18 Å². The van der Waals surface area contributed by atoms with E-state index in [0.29, 0.717) is 18.6 Å². The lowest BCUT2D eigenvalue weighted by Gasteiger charge is -2.26. The Morgan fingerprint density at radius 1 is 1.29 bits per heavy atom. The summed E-state index contributed by atoms with van der Waals surface area (Å²) in [6.07, 6.45) is -2.04. The SMILES string of the molecule is CN=C(NCCCN1CCCC1C(=O)N(C)C)NCc1ccc(F)cc1C(F)(F)F.I. The van der Waals surface area contributed by atoms with Gasteiger partial charge < -0.3 is 15.5 Å². The molecule has 0 saturated carbocycles. The van der Waals surface area contributed by atoms with Gasteiger partial charge in [-0.15, -0.1) is 24.0 Å². The molecule has 1 saturated heterocycles. The molecule has 2 rings (SSSR count). The van der Waals surface area contributed by atoms with Crippen LogP contribution in [0.2, 0.25) is 0 Å². The topological polar surface area (TPSA) is 60.0 Å². The predicted octanol–water partition coefficient (Wildman–Crippen LogP) is 3.07. The molecule has 31 heavy (non-hydrogen) atoms. The molecule has 6 nitrogen and oxygen atoms in total. The lowest BCUT2D eigenvalue weighted by Crippen LogP contribution is -2.44. The van der Waals surface area contributed by atoms with Crippen LogP contribution in [-0.4, -0.2) is 68.5 Å². The van der Waals surface area contributed by atoms with Crippen molar-refractivity contribution in [1.82, 2.24) is 20.4 Å². The Bertz CT molecular complexity index is 758. The Morgan fingerprint density at radius 3 is 2.61 bits per heavy atom. The summed E-state index contributed by atoms with van der Waals surface area (Å²) in [6, 6.07) is 2.53. The highest BCUT2D eigenvalue weighted by Crippen LogP contribution is 2.32. The zero-order valence-corrected chi connectivity index (χ0v) is 20.3. The number of halogens is 5. The highest BCUT2D eigenvalue weighted by atomic mass is 127. The van der Waals surface area contributed by atoms with Crippen LogP contribution in [0.5, 0.6) is 0 Å². The van der Waals surface area contributed by atoms with Crippen LogP contribution in [0, 0.1) is 5.82 Å². The zero-order chi connectivity index (χ0) is 22.3. The van der Waals surface area contributed by atoms with E-state index in [4.69, 9.17) is 0 Å². The number of guanidine groups is 1. The van der Waals surface area contributed by atoms with Crippen molar-refractivity contribution < 1.29 is 22.4 Å². The molecule has 1 unspecified atom stereocenters. The summed E-state index contributed by atoms with van der Waals surface area (Å²) < 4.78 is 52.5. The molecule has 1 aliphatic heterocycles. The second-order valence-electron chi connectivity index (χ2n) is 7.43. The van der Waals surface area contributed by atoms with Crippen LogP contribution in [-0.2, 0) is 17.5 Å². The molecule has 1 aliphatic rings. The third kappa shape index (κ3) is 8.09. The van der Waals surface area contributed by atoms with Gasteiger partial charge in [0, 0.05) is 40.8 Å². The Labute approximate surface area is 197 Å². The molecule has 1 aromatic rings. The quantitative estimate of drug-likeness (QED) is 0.177. The number of carbonyl (C=O) groups is 1. The number of likely N-dealkylation sites (N-methyl/N-ethyl adjacent to an activating group) is 1. The van der Waals surface area contributed by atoms with Gasteiger partial charge in [-0.2, -0.15) is 13.2 Å². The Morgan fingerprint density at radius 2 is 2.00 bits per heavy atom. The van der Waals surface area contributed by atoms with Crippen molar-refractivity contribution in [3.8, 4) is 0 Å². The van der Waals surface area contributed by atoms with Gasteiger partial charge in [0.25, 0.3) is 0 Å². The van der Waals surface area contributed by atoms with Crippen molar-refractivity contribution in [2.24, 2.45) is 4.99 Å². The highest BCUT2D eigenvalue weighted by Gasteiger charge is 2.34. The van der Waals surface area contributed by atoms with Crippen molar-refractivity contribution in [2.75, 3.05) is 40.8 Å². The molecule has 0 aliphatic carbocycles. The van der Waals surface area contributed by atoms with Crippen molar-refractivity contribution in [2.45, 2.75) is 38.0 Å². The fourth-order valence-corrected chi connectivity index (χ4v) is 3.53. The number of likely N-dealkylation sites (tertiary alicyclic amines) is 1. The molecule has 0 aromatic heterocycles. The summed E-state index contributed by atoms with van der Waals surface area (Å²) in [7, 11) is 5.03. The van der Waals surface area contributed by atoms with E-state index in [2.05, 4.69) is 20.5 Å². The number of hydrogen-bond acceptors (Lipinski definition) is 3. The van der Waals surface area contributed by atoms with Gasteiger partial charge in [0.1, 0.15) is 5.82 Å². The molecule has 1 heterocycles. The van der Waals surface area contributed by atoms with Crippen LogP contribution in [0.3, 0.4) is 0 Å². The van der Waals surface area contributed by atoms with Gasteiger partial charge in [-0.25, -0.2) is 4.39 Å². The molecule has 176 valence electrons. The second-order valence-corrected chi connectivity index (χ2v) is 7.43. The minimum absolute atomic E-state index is 0. The number of rotatable bonds is 7. The molecular weight excluding hydrogens is 529 g/mol. The first-order valence-corrected chi connectivity index (χ1v) is 9.89. The second kappa shape index (κ2) is 12.4. The van der Waals surface area contributed by atoms with Gasteiger partial charge in [0.15, 0.2) is 5.96 Å². The van der Waals surface area contributed by atoms with Crippen LogP contribution >= 0.6 is 24.0 Å². The monoisotopic (exact) mass is 559 g/mol. The standard InChI is InChI=1S/C20H29F4N5O.HI/c1-25-19(27-13-14-7-8-15(21)12-16(14)20(22,23)24)26-9-5-11-29-10-4-6-17(29)18(30)28(2)3;/h7-8,12,17H,4-6,9-11,13H2,1-3H3,(H2,25,26,27);1H. The minimum atomic E-state index is -4.63. The van der Waals surface area contributed by atoms with E-state index in [9.17, 15) is 22.4 Å². The minimum Gasteiger partial charge on any atom is -0.356 e. The van der Waals surface area contributed by atoms with Crippen LogP contribution in [0.1, 0.15) is 30.4 Å². The average Bonchev–Trinajstić information content (AvgIpc) is 3.15. The largest absolute Gasteiger partial charge is 0.416 e. The molecule has 2 N–H and O–H groups in total. The summed E-state index contributed by atoms with van der Waals surface area (Å²) in [5.74, 6) is -0.464. The van der Waals surface area contributed by atoms with Crippen LogP contribution in [0.15, 0.2) is 23.2 Å². The first kappa shape index (κ1) is 27.4. The highest BCUT2D eigenvalue weighted by molar-refractivity contribution is 14.0. The fraction of sp³-hybridized carbons (Fsp3) is 0.600. The Hall–Kier alpha value is -1.63. The van der Waals surface area contributed by atoms with Crippen molar-refractivity contribution in [3.63, 3.8) is 0 Å². The molecule has 0 radical (unpaired) electrons. The van der Waals surface area contributed by atoms with Crippen LogP contribution in [0.25, 0.3) is 0 Å². The Kier molecular flexibility index (Phi) is 11.0. The van der Waals surface area contributed by atoms with Gasteiger partial charge in [0.2, 0.25) is 5.91 Å². The number of nitrogens with one attached hydrogen (secondary N) is 2. The molecule has 0 bridgehead atoms. The molecule has 1 aromatic carbocycles. The first-order chi connectivity index (χ1) is 14.1. The van der Waals surface area contributed by atoms with E-state index >= 15 is 0 Å². The van der Waals surface area contributed by atoms with E-state index in [0.717, 1.165) is 44.5 Å². The molecule has 1 atom stereocenters. The van der Waals surface area contributed by atoms with Gasteiger partial charge in [0.05, 0.1) is 11.6 Å². The van der Waals surface area contributed by atoms with E-state index in [1.54, 1.807) is 19.0 Å². The number of hydrogen-bond donors (Lipinski definition) is 2. The van der Waals surface area contributed by atoms with Gasteiger partial charge in [-0.05, 0) is 43.5 Å². The van der Waals surface area contributed by atoms with Crippen molar-refractivity contribution >= 4 is 35.8 Å². The third-order valence-corrected chi connectivity index (χ3v) is 5.05. The normalized spacial score (nSPS) is 17.3. The first-order valence-electron chi connectivity index (χ1n) is 9.89. The lowest BCUT2D eigenvalue weighted by atomic mass is 10.1. The number of aliphatic imine (C=N–C) groups is 1. The summed E-state index contributed by atoms with van der Waals surface area (Å²) >= 11 is 0. The maximum Gasteiger partial charge on any atom is 0.416 e. The van der Waals surface area contributed by atoms with Crippen LogP contribution in [0.4, 0.5) is 17.6 Å². The molecule has 0 spiro atoms. The van der Waals surface area contributed by atoms with E-state index < -0.39 is 17.6 Å². The van der Waals surface area contributed by atoms with E-state index in [1.165, 1.54) is 7.05 Å². The third-order valence-electron chi connectivity index (χ3n) is 5.05. The molecule has 1 amide bonds. The summed E-state index contributed by atoms with van der Waals surface area (Å²) in [5, 5.41) is 5.89. The molecular formula is C20H30F4IN5O. The van der Waals surface area contributed by atoms with Crippen molar-refractivity contribution in [3.05, 3.63) is 35.1 Å². The Balaban J connectivity index is 0.00000480. The maximum atomic E-state index is 13.2. The summed E-state index contributed by atoms with van der Waals surface area (Å²) in [4.78, 5) is 20.0. The number of alkyl halides is 3. The van der Waals surface area contributed by atoms with Gasteiger partial charge in [-0.3, -0.25) is 14.7 Å². The smallest absolute Gasteiger partial charge is 0.356 e. The average molecular weight is 559 g/mol. The van der Waals surface area contributed by atoms with Crippen molar-refractivity contribution in [1.29, 1.82) is 0 Å². The molecule has 11 heteroatoms.